The van der Waals surface area contributed by atoms with Gasteiger partial charge in [0, 0.05) is 13.1 Å². The summed E-state index contributed by atoms with van der Waals surface area (Å²) in [6, 6.07) is 6.57. The molecule has 1 aliphatic heterocycles. The maximum Gasteiger partial charge on any atom is 0.124 e. The fourth-order valence-corrected chi connectivity index (χ4v) is 2.83. The van der Waals surface area contributed by atoms with E-state index in [0.29, 0.717) is 18.0 Å². The molecule has 0 bridgehead atoms. The molecule has 0 amide bonds. The SMILES string of the molecule is N#Cc1cc(F)cc(CN2CCCC(CCN)C2)c1. The van der Waals surface area contributed by atoms with E-state index in [1.54, 1.807) is 6.07 Å². The van der Waals surface area contributed by atoms with Crippen LogP contribution in [0, 0.1) is 23.1 Å². The van der Waals surface area contributed by atoms with Gasteiger partial charge in [-0.25, -0.2) is 4.39 Å². The number of piperidine rings is 1. The third-order valence-corrected chi connectivity index (χ3v) is 3.67. The molecule has 1 fully saturated rings. The van der Waals surface area contributed by atoms with Crippen molar-refractivity contribution < 1.29 is 4.39 Å². The average molecular weight is 261 g/mol. The Kier molecular flexibility index (Phi) is 4.89. The van der Waals surface area contributed by atoms with Crippen LogP contribution in [0.5, 0.6) is 0 Å². The predicted molar refractivity (Wildman–Crippen MR) is 72.8 cm³/mol. The smallest absolute Gasteiger partial charge is 0.124 e. The summed E-state index contributed by atoms with van der Waals surface area (Å²) < 4.78 is 13.4. The van der Waals surface area contributed by atoms with Gasteiger partial charge in [0.1, 0.15) is 5.82 Å². The molecule has 19 heavy (non-hydrogen) atoms. The standard InChI is InChI=1S/C15H20FN3/c16-15-7-13(9-18)6-14(8-15)11-19-5-1-2-12(10-19)3-4-17/h6-8,12H,1-5,10-11,17H2. The number of nitrogens with zero attached hydrogens (tertiary/aromatic N) is 2. The van der Waals surface area contributed by atoms with Crippen molar-refractivity contribution in [1.82, 2.24) is 4.90 Å². The van der Waals surface area contributed by atoms with Gasteiger partial charge in [0.15, 0.2) is 0 Å². The highest BCUT2D eigenvalue weighted by Gasteiger charge is 2.19. The maximum atomic E-state index is 13.4. The van der Waals surface area contributed by atoms with E-state index >= 15 is 0 Å². The first-order valence-electron chi connectivity index (χ1n) is 6.83. The highest BCUT2D eigenvalue weighted by atomic mass is 19.1. The average Bonchev–Trinajstić information content (AvgIpc) is 2.39. The van der Waals surface area contributed by atoms with Crippen molar-refractivity contribution in [2.45, 2.75) is 25.8 Å². The zero-order valence-corrected chi connectivity index (χ0v) is 11.1. The second-order valence-electron chi connectivity index (χ2n) is 5.28. The number of hydrogen-bond acceptors (Lipinski definition) is 3. The lowest BCUT2D eigenvalue weighted by molar-refractivity contribution is 0.163. The summed E-state index contributed by atoms with van der Waals surface area (Å²) in [6.45, 7) is 3.51. The zero-order chi connectivity index (χ0) is 13.7. The Morgan fingerprint density at radius 2 is 2.26 bits per heavy atom. The number of likely N-dealkylation sites (tertiary alicyclic amines) is 1. The van der Waals surface area contributed by atoms with E-state index in [4.69, 9.17) is 11.0 Å². The number of hydrogen-bond donors (Lipinski definition) is 1. The molecule has 3 nitrogen and oxygen atoms in total. The van der Waals surface area contributed by atoms with Gasteiger partial charge in [-0.2, -0.15) is 5.26 Å². The molecular weight excluding hydrogens is 241 g/mol. The first-order valence-corrected chi connectivity index (χ1v) is 6.83. The van der Waals surface area contributed by atoms with Gasteiger partial charge in [0.2, 0.25) is 0 Å². The van der Waals surface area contributed by atoms with Gasteiger partial charge >= 0.3 is 0 Å². The molecular formula is C15H20FN3. The molecule has 0 saturated carbocycles. The lowest BCUT2D eigenvalue weighted by atomic mass is 9.94. The number of benzene rings is 1. The van der Waals surface area contributed by atoms with E-state index in [0.717, 1.165) is 31.6 Å². The summed E-state index contributed by atoms with van der Waals surface area (Å²) in [7, 11) is 0. The molecule has 0 aromatic heterocycles. The quantitative estimate of drug-likeness (QED) is 0.904. The summed E-state index contributed by atoms with van der Waals surface area (Å²) in [5.74, 6) is 0.326. The second kappa shape index (κ2) is 6.65. The van der Waals surface area contributed by atoms with Crippen LogP contribution in [0.3, 0.4) is 0 Å². The molecule has 1 aromatic rings. The van der Waals surface area contributed by atoms with Crippen LogP contribution in [0.2, 0.25) is 0 Å². The van der Waals surface area contributed by atoms with Crippen molar-refractivity contribution in [2.75, 3.05) is 19.6 Å². The molecule has 2 rings (SSSR count). The molecule has 0 radical (unpaired) electrons. The number of nitriles is 1. The molecule has 2 N–H and O–H groups in total. The predicted octanol–water partition coefficient (Wildman–Crippen LogP) is 2.26. The molecule has 1 atom stereocenters. The first kappa shape index (κ1) is 14.0. The largest absolute Gasteiger partial charge is 0.330 e. The highest BCUT2D eigenvalue weighted by Crippen LogP contribution is 2.21. The summed E-state index contributed by atoms with van der Waals surface area (Å²) in [4.78, 5) is 2.33. The molecule has 4 heteroatoms. The number of rotatable bonds is 4. The van der Waals surface area contributed by atoms with Crippen LogP contribution < -0.4 is 5.73 Å². The third kappa shape index (κ3) is 4.02. The van der Waals surface area contributed by atoms with Gasteiger partial charge in [0.05, 0.1) is 11.6 Å². The molecule has 1 saturated heterocycles. The highest BCUT2D eigenvalue weighted by molar-refractivity contribution is 5.33. The number of nitrogens with two attached hydrogens (primary N) is 1. The van der Waals surface area contributed by atoms with Gasteiger partial charge in [0.25, 0.3) is 0 Å². The number of halogens is 1. The van der Waals surface area contributed by atoms with Crippen LogP contribution in [0.15, 0.2) is 18.2 Å². The Bertz CT molecular complexity index is 465. The molecule has 102 valence electrons. The van der Waals surface area contributed by atoms with E-state index in [1.165, 1.54) is 25.0 Å². The minimum absolute atomic E-state index is 0.329. The molecule has 0 spiro atoms. The monoisotopic (exact) mass is 261 g/mol. The van der Waals surface area contributed by atoms with Gasteiger partial charge in [-0.15, -0.1) is 0 Å². The van der Waals surface area contributed by atoms with E-state index in [2.05, 4.69) is 4.90 Å². The lowest BCUT2D eigenvalue weighted by Crippen LogP contribution is -2.35. The van der Waals surface area contributed by atoms with Gasteiger partial charge in [-0.05, 0) is 62.0 Å². The Hall–Kier alpha value is -1.44. The normalized spacial score (nSPS) is 20.2. The summed E-state index contributed by atoms with van der Waals surface area (Å²) >= 11 is 0. The van der Waals surface area contributed by atoms with Crippen LogP contribution in [0.1, 0.15) is 30.4 Å². The van der Waals surface area contributed by atoms with Crippen LogP contribution >= 0.6 is 0 Å². The van der Waals surface area contributed by atoms with Crippen molar-refractivity contribution in [1.29, 1.82) is 5.26 Å². The van der Waals surface area contributed by atoms with E-state index in [1.807, 2.05) is 6.07 Å². The Morgan fingerprint density at radius 3 is 3.00 bits per heavy atom. The van der Waals surface area contributed by atoms with Crippen LogP contribution in [-0.2, 0) is 6.54 Å². The molecule has 1 aromatic carbocycles. The Morgan fingerprint density at radius 1 is 1.42 bits per heavy atom. The Balaban J connectivity index is 2.00. The van der Waals surface area contributed by atoms with E-state index in [-0.39, 0.29) is 5.82 Å². The minimum atomic E-state index is -0.329. The third-order valence-electron chi connectivity index (χ3n) is 3.67. The zero-order valence-electron chi connectivity index (χ0n) is 11.1. The van der Waals surface area contributed by atoms with Crippen molar-refractivity contribution >= 4 is 0 Å². The lowest BCUT2D eigenvalue weighted by Gasteiger charge is -2.32. The maximum absolute atomic E-state index is 13.4. The fraction of sp³-hybridized carbons (Fsp3) is 0.533. The minimum Gasteiger partial charge on any atom is -0.330 e. The van der Waals surface area contributed by atoms with Gasteiger partial charge in [-0.3, -0.25) is 4.90 Å². The fourth-order valence-electron chi connectivity index (χ4n) is 2.83. The Labute approximate surface area is 113 Å². The van der Waals surface area contributed by atoms with Crippen LogP contribution in [0.4, 0.5) is 4.39 Å². The molecule has 1 aliphatic rings. The van der Waals surface area contributed by atoms with Gasteiger partial charge in [-0.1, -0.05) is 0 Å². The molecule has 1 heterocycles. The van der Waals surface area contributed by atoms with Crippen LogP contribution in [0.25, 0.3) is 0 Å². The van der Waals surface area contributed by atoms with Crippen molar-refractivity contribution in [3.8, 4) is 6.07 Å². The van der Waals surface area contributed by atoms with Crippen molar-refractivity contribution in [3.05, 3.63) is 35.1 Å². The van der Waals surface area contributed by atoms with Crippen molar-refractivity contribution in [3.63, 3.8) is 0 Å². The van der Waals surface area contributed by atoms with E-state index < -0.39 is 0 Å². The second-order valence-corrected chi connectivity index (χ2v) is 5.28. The summed E-state index contributed by atoms with van der Waals surface area (Å²) in [5, 5.41) is 8.86. The molecule has 1 unspecified atom stereocenters. The molecule has 0 aliphatic carbocycles. The van der Waals surface area contributed by atoms with Crippen LogP contribution in [-0.4, -0.2) is 24.5 Å². The van der Waals surface area contributed by atoms with Gasteiger partial charge < -0.3 is 5.73 Å². The topological polar surface area (TPSA) is 53.0 Å². The van der Waals surface area contributed by atoms with Crippen molar-refractivity contribution in [2.24, 2.45) is 11.7 Å². The first-order chi connectivity index (χ1) is 9.21. The van der Waals surface area contributed by atoms with E-state index in [9.17, 15) is 4.39 Å². The summed E-state index contributed by atoms with van der Waals surface area (Å²) in [6.07, 6.45) is 3.47. The summed E-state index contributed by atoms with van der Waals surface area (Å²) in [5.41, 5.74) is 6.88.